The molecule has 0 aromatic heterocycles. The Kier molecular flexibility index (Phi) is 25.3. The van der Waals surface area contributed by atoms with Gasteiger partial charge in [-0.25, -0.2) is 11.2 Å². The molecule has 74 heavy (non-hydrogen) atoms. The first-order valence-electron chi connectivity index (χ1n) is 23.7. The van der Waals surface area contributed by atoms with Gasteiger partial charge in [0.15, 0.2) is 0 Å². The number of nitrogens with one attached hydrogen (secondary N) is 3. The van der Waals surface area contributed by atoms with Crippen LogP contribution in [0.5, 0.6) is 11.5 Å². The summed E-state index contributed by atoms with van der Waals surface area (Å²) < 4.78 is 158. The molecule has 24 heteroatoms. The second kappa shape index (κ2) is 29.7. The molecule has 3 aromatic carbocycles. The number of hydrogen-bond donors (Lipinski definition) is 3. The summed E-state index contributed by atoms with van der Waals surface area (Å²) in [5.41, 5.74) is -0.662. The van der Waals surface area contributed by atoms with E-state index in [-0.39, 0.29) is 83.6 Å². The Hall–Kier alpha value is -5.24. The molecule has 2 atom stereocenters. The lowest BCUT2D eigenvalue weighted by molar-refractivity contribution is -0.173. The highest BCUT2D eigenvalue weighted by Gasteiger charge is 2.43. The van der Waals surface area contributed by atoms with Gasteiger partial charge in [0, 0.05) is 31.7 Å². The lowest BCUT2D eigenvalue weighted by Crippen LogP contribution is -2.41. The molecule has 412 valence electrons. The summed E-state index contributed by atoms with van der Waals surface area (Å²) in [4.78, 5) is 38.6. The lowest BCUT2D eigenvalue weighted by Gasteiger charge is -2.40. The Morgan fingerprint density at radius 3 is 1.39 bits per heavy atom. The van der Waals surface area contributed by atoms with E-state index in [2.05, 4.69) is 4.85 Å². The molecule has 0 spiro atoms. The van der Waals surface area contributed by atoms with Crippen LogP contribution in [0.2, 0.25) is 0 Å². The monoisotopic (exact) mass is 1080 g/mol. The van der Waals surface area contributed by atoms with Crippen molar-refractivity contribution in [1.82, 2.24) is 20.6 Å². The number of nitrogens with zero attached hydrogens (tertiary/aromatic N) is 2. The molecule has 0 bridgehead atoms. The van der Waals surface area contributed by atoms with Gasteiger partial charge in [0.05, 0.1) is 34.0 Å². The lowest BCUT2D eigenvalue weighted by atomic mass is 9.75. The molecule has 0 radical (unpaired) electrons. The zero-order valence-corrected chi connectivity index (χ0v) is 42.9. The number of benzene rings is 3. The van der Waals surface area contributed by atoms with Crippen LogP contribution in [0.3, 0.4) is 0 Å². The fourth-order valence-corrected chi connectivity index (χ4v) is 9.79. The van der Waals surface area contributed by atoms with Crippen LogP contribution in [-0.2, 0) is 38.5 Å². The fourth-order valence-electron chi connectivity index (χ4n) is 8.11. The fraction of sp³-hybridized carbons (Fsp3) is 0.560. The van der Waals surface area contributed by atoms with E-state index in [0.29, 0.717) is 28.2 Å². The minimum absolute atomic E-state index is 0.00522. The number of amides is 3. The zero-order valence-electron chi connectivity index (χ0n) is 42.1. The molecular formula is C50H65F9N5O9P. The standard InChI is InChI=1S/C50H65F9N5O9P/c1-35(2)64(36(3)4)74(72-31-30-60-5)73-42(33-71-47(37-14-9-8-10-15-37,38-16-20-40(68-6)21-17-38)39-18-22-41(69-7)23-19-39)32-70-34-46(24-11-27-61-43(65)48(51,52)53,25-12-28-62-44(66)49(54,55)56)26-13-29-63-45(67)50(57,58)59/h8-10,14-23,35-36,42H,11-13,24-34H2,1-4,6-7H3,(H,61,65)(H,62,66)(H,63,67). The number of carbonyl (C=O) groups excluding carboxylic acids is 3. The van der Waals surface area contributed by atoms with E-state index < -0.39 is 81.5 Å². The molecule has 0 aliphatic carbocycles. The molecule has 0 aliphatic heterocycles. The van der Waals surface area contributed by atoms with Gasteiger partial charge in [-0.3, -0.25) is 14.4 Å². The second-order valence-corrected chi connectivity index (χ2v) is 19.1. The first-order chi connectivity index (χ1) is 34.8. The van der Waals surface area contributed by atoms with Crippen LogP contribution >= 0.6 is 8.53 Å². The summed E-state index contributed by atoms with van der Waals surface area (Å²) in [6.45, 7) is 12.6. The van der Waals surface area contributed by atoms with Crippen LogP contribution in [-0.4, -0.2) is 126 Å². The van der Waals surface area contributed by atoms with Crippen molar-refractivity contribution in [1.29, 1.82) is 0 Å². The number of hydrogen-bond acceptors (Lipinski definition) is 10. The summed E-state index contributed by atoms with van der Waals surface area (Å²) >= 11 is 0. The van der Waals surface area contributed by atoms with Gasteiger partial charge in [-0.2, -0.15) is 39.5 Å². The number of ether oxygens (including phenoxy) is 4. The molecular weight excluding hydrogens is 1020 g/mol. The van der Waals surface area contributed by atoms with Crippen molar-refractivity contribution in [2.75, 3.05) is 66.8 Å². The highest BCUT2D eigenvalue weighted by Crippen LogP contribution is 2.48. The number of halogens is 9. The van der Waals surface area contributed by atoms with Crippen LogP contribution < -0.4 is 25.4 Å². The van der Waals surface area contributed by atoms with Gasteiger partial charge >= 0.3 is 36.3 Å². The highest BCUT2D eigenvalue weighted by atomic mass is 31.2. The maximum Gasteiger partial charge on any atom is 0.471 e. The minimum atomic E-state index is -5.22. The largest absolute Gasteiger partial charge is 0.497 e. The SMILES string of the molecule is [C-]#[N+]CCOP(OC(COCC(CCCNC(=O)C(F)(F)F)(CCCNC(=O)C(F)(F)F)CCCNC(=O)C(F)(F)F)COC(c1ccccc1)(c1ccc(OC)cc1)c1ccc(OC)cc1)N(C(C)C)C(C)C. The van der Waals surface area contributed by atoms with Gasteiger partial charge in [-0.15, -0.1) is 0 Å². The molecule has 0 aliphatic rings. The zero-order chi connectivity index (χ0) is 55.2. The Balaban J connectivity index is 2.20. The molecule has 0 saturated heterocycles. The number of rotatable bonds is 32. The highest BCUT2D eigenvalue weighted by molar-refractivity contribution is 7.44. The minimum Gasteiger partial charge on any atom is -0.497 e. The van der Waals surface area contributed by atoms with Gasteiger partial charge in [0.1, 0.15) is 29.8 Å². The van der Waals surface area contributed by atoms with Crippen LogP contribution in [0, 0.1) is 12.0 Å². The number of methoxy groups -OCH3 is 2. The molecule has 0 saturated carbocycles. The molecule has 0 heterocycles. The van der Waals surface area contributed by atoms with Crippen molar-refractivity contribution in [2.24, 2.45) is 5.41 Å². The van der Waals surface area contributed by atoms with Crippen LogP contribution in [0.25, 0.3) is 4.85 Å². The van der Waals surface area contributed by atoms with Crippen molar-refractivity contribution in [3.63, 3.8) is 0 Å². The summed E-state index contributed by atoms with van der Waals surface area (Å²) in [7, 11) is 1.04. The summed E-state index contributed by atoms with van der Waals surface area (Å²) in [5, 5.41) is 5.30. The predicted molar refractivity (Wildman–Crippen MR) is 258 cm³/mol. The number of carbonyl (C=O) groups is 3. The van der Waals surface area contributed by atoms with Gasteiger partial charge in [-0.05, 0) is 113 Å². The molecule has 3 rings (SSSR count). The van der Waals surface area contributed by atoms with Gasteiger partial charge in [0.2, 0.25) is 6.54 Å². The molecule has 3 N–H and O–H groups in total. The van der Waals surface area contributed by atoms with E-state index in [4.69, 9.17) is 34.6 Å². The third-order valence-electron chi connectivity index (χ3n) is 11.5. The van der Waals surface area contributed by atoms with E-state index in [1.54, 1.807) is 40.2 Å². The third-order valence-corrected chi connectivity index (χ3v) is 13.7. The molecule has 14 nitrogen and oxygen atoms in total. The van der Waals surface area contributed by atoms with E-state index in [0.717, 1.165) is 0 Å². The van der Waals surface area contributed by atoms with Crippen LogP contribution in [0.4, 0.5) is 39.5 Å². The Morgan fingerprint density at radius 1 is 0.622 bits per heavy atom. The van der Waals surface area contributed by atoms with Gasteiger partial charge in [0.25, 0.3) is 8.53 Å². The van der Waals surface area contributed by atoms with E-state index in [1.165, 1.54) is 14.2 Å². The molecule has 3 aromatic rings. The maximum absolute atomic E-state index is 13.1. The topological polar surface area (TPSA) is 150 Å². The van der Waals surface area contributed by atoms with E-state index in [9.17, 15) is 53.9 Å². The van der Waals surface area contributed by atoms with E-state index in [1.807, 2.05) is 87.0 Å². The van der Waals surface area contributed by atoms with Crippen LogP contribution in [0.15, 0.2) is 78.9 Å². The summed E-state index contributed by atoms with van der Waals surface area (Å²) in [6.07, 6.45) is -17.5. The molecule has 0 fully saturated rings. The second-order valence-electron chi connectivity index (χ2n) is 17.6. The van der Waals surface area contributed by atoms with Crippen molar-refractivity contribution >= 4 is 26.2 Å². The first-order valence-corrected chi connectivity index (χ1v) is 24.8. The predicted octanol–water partition coefficient (Wildman–Crippen LogP) is 10.1. The quantitative estimate of drug-likeness (QED) is 0.0181. The first kappa shape index (κ1) is 63.1. The van der Waals surface area contributed by atoms with Crippen molar-refractivity contribution in [2.45, 2.75) is 109 Å². The maximum atomic E-state index is 13.1. The average Bonchev–Trinajstić information content (AvgIpc) is 3.34. The summed E-state index contributed by atoms with van der Waals surface area (Å²) in [5.74, 6) is -5.58. The Labute approximate surface area is 427 Å². The Morgan fingerprint density at radius 2 is 1.03 bits per heavy atom. The van der Waals surface area contributed by atoms with Crippen molar-refractivity contribution in [3.8, 4) is 11.5 Å². The van der Waals surface area contributed by atoms with Gasteiger partial charge < -0.3 is 48.8 Å². The van der Waals surface area contributed by atoms with Crippen molar-refractivity contribution < 1.29 is 81.9 Å². The van der Waals surface area contributed by atoms with E-state index >= 15 is 0 Å². The van der Waals surface area contributed by atoms with Crippen LogP contribution in [0.1, 0.15) is 82.9 Å². The smallest absolute Gasteiger partial charge is 0.471 e. The molecule has 3 amide bonds. The average molecular weight is 1080 g/mol. The number of alkyl halides is 9. The summed E-state index contributed by atoms with van der Waals surface area (Å²) in [6, 6.07) is 23.3. The Bertz CT molecular complexity index is 2060. The van der Waals surface area contributed by atoms with Gasteiger partial charge in [-0.1, -0.05) is 54.6 Å². The normalized spacial score (nSPS) is 13.4. The third kappa shape index (κ3) is 19.8. The van der Waals surface area contributed by atoms with Crippen molar-refractivity contribution in [3.05, 3.63) is 107 Å². The molecule has 2 unspecified atom stereocenters.